The topological polar surface area (TPSA) is 84.3 Å². The minimum Gasteiger partial charge on any atom is -0.456 e. The van der Waals surface area contributed by atoms with Crippen molar-refractivity contribution in [3.8, 4) is 0 Å². The molecule has 0 aliphatic heterocycles. The highest BCUT2D eigenvalue weighted by atomic mass is 32.1. The molecule has 10 aromatic carbocycles. The highest BCUT2D eigenvalue weighted by molar-refractivity contribution is 7.25. The van der Waals surface area contributed by atoms with Crippen molar-refractivity contribution < 1.29 is 8.83 Å². The Morgan fingerprint density at radius 3 is 1.42 bits per heavy atom. The molecule has 322 valence electrons. The summed E-state index contributed by atoms with van der Waals surface area (Å²) in [5, 5.41) is 24.3. The Morgan fingerprint density at radius 2 is 0.826 bits per heavy atom. The van der Waals surface area contributed by atoms with Gasteiger partial charge in [0.05, 0.1) is 11.4 Å². The summed E-state index contributed by atoms with van der Waals surface area (Å²) in [6.45, 7) is 0. The van der Waals surface area contributed by atoms with Crippen molar-refractivity contribution in [1.82, 2.24) is 20.2 Å². The summed E-state index contributed by atoms with van der Waals surface area (Å²) in [5.41, 5.74) is 7.64. The Kier molecular flexibility index (Phi) is 8.07. The van der Waals surface area contributed by atoms with E-state index in [1.165, 1.54) is 26.9 Å². The lowest BCUT2D eigenvalue weighted by Crippen LogP contribution is -2.14. The first-order valence-corrected chi connectivity index (χ1v) is 23.6. The molecule has 69 heavy (non-hydrogen) atoms. The number of furan rings is 2. The van der Waals surface area contributed by atoms with Gasteiger partial charge in [0.15, 0.2) is 0 Å². The molecule has 0 radical (unpaired) electrons. The van der Waals surface area contributed by atoms with Crippen LogP contribution in [0.15, 0.2) is 215 Å². The zero-order valence-electron chi connectivity index (χ0n) is 36.5. The van der Waals surface area contributed by atoms with Gasteiger partial charge in [-0.1, -0.05) is 97.1 Å². The Morgan fingerprint density at radius 1 is 0.362 bits per heavy atom. The lowest BCUT2D eigenvalue weighted by molar-refractivity contribution is 0.668. The number of pyridine rings is 1. The van der Waals surface area contributed by atoms with Crippen LogP contribution in [0.2, 0.25) is 0 Å². The standard InChI is InChI=1S/C60H34N6O2S/c1-3-11-37-27-41-29-43(19-17-39(41)25-35(37)9-1)65(45-21-23-49-47-13-5-7-15-52(47)67-54(49)31-45)57-33-56-51(34-61-57)58-59(69-56)62-60(64-63-58)66(46-22-24-50-48-14-6-8-16-53(48)68-55(50)32-46)44-20-18-40-26-36-10-2-4-12-38(36)28-42(40)30-44/h1-34H. The number of aromatic nitrogens is 4. The molecule has 0 fully saturated rings. The number of nitrogens with zero attached hydrogens (tertiary/aromatic N) is 6. The van der Waals surface area contributed by atoms with Gasteiger partial charge in [-0.05, 0) is 134 Å². The normalized spacial score (nSPS) is 12.1. The molecule has 0 unspecified atom stereocenters. The lowest BCUT2D eigenvalue weighted by atomic mass is 10.0. The van der Waals surface area contributed by atoms with Crippen molar-refractivity contribution in [2.24, 2.45) is 0 Å². The van der Waals surface area contributed by atoms with Crippen molar-refractivity contribution in [3.05, 3.63) is 206 Å². The fourth-order valence-corrected chi connectivity index (χ4v) is 11.2. The molecule has 0 aliphatic rings. The third-order valence-electron chi connectivity index (χ3n) is 13.5. The fourth-order valence-electron chi connectivity index (χ4n) is 10.2. The van der Waals surface area contributed by atoms with Crippen LogP contribution in [-0.4, -0.2) is 20.2 Å². The summed E-state index contributed by atoms with van der Waals surface area (Å²) < 4.78 is 13.8. The molecule has 0 spiro atoms. The summed E-state index contributed by atoms with van der Waals surface area (Å²) in [4.78, 5) is 15.5. The third kappa shape index (κ3) is 6.07. The Bertz CT molecular complexity index is 4320. The molecule has 0 aliphatic carbocycles. The van der Waals surface area contributed by atoms with E-state index in [0.29, 0.717) is 11.5 Å². The predicted octanol–water partition coefficient (Wildman–Crippen LogP) is 17.0. The van der Waals surface area contributed by atoms with Crippen LogP contribution in [0.25, 0.3) is 107 Å². The molecule has 0 saturated heterocycles. The second-order valence-electron chi connectivity index (χ2n) is 17.6. The quantitative estimate of drug-likeness (QED) is 0.153. The first-order chi connectivity index (χ1) is 34.1. The maximum absolute atomic E-state index is 6.43. The molecule has 5 heterocycles. The SMILES string of the molecule is c1ccc2cc3cc(N(c4ccc5c(c4)oc4ccccc45)c4cc5sc6nc(N(c7ccc8cc9ccccc9cc8c7)c7ccc8c(c7)oc7ccccc78)nnc6c5cn4)ccc3cc2c1. The third-order valence-corrected chi connectivity index (χ3v) is 14.6. The average Bonchev–Trinajstić information content (AvgIpc) is 4.08. The van der Waals surface area contributed by atoms with Gasteiger partial charge in [0.2, 0.25) is 0 Å². The van der Waals surface area contributed by atoms with Crippen molar-refractivity contribution in [1.29, 1.82) is 0 Å². The Hall–Kier alpha value is -9.18. The smallest absolute Gasteiger partial charge is 0.255 e. The number of benzene rings is 10. The second kappa shape index (κ2) is 14.7. The van der Waals surface area contributed by atoms with Crippen molar-refractivity contribution in [3.63, 3.8) is 0 Å². The number of fused-ring (bicyclic) bond motifs is 13. The van der Waals surface area contributed by atoms with Gasteiger partial charge >= 0.3 is 0 Å². The van der Waals surface area contributed by atoms with Gasteiger partial charge < -0.3 is 8.83 Å². The maximum Gasteiger partial charge on any atom is 0.255 e. The van der Waals surface area contributed by atoms with E-state index in [0.717, 1.165) is 104 Å². The molecule has 15 rings (SSSR count). The van der Waals surface area contributed by atoms with Crippen molar-refractivity contribution in [2.75, 3.05) is 9.80 Å². The predicted molar refractivity (Wildman–Crippen MR) is 284 cm³/mol. The van der Waals surface area contributed by atoms with Crippen LogP contribution in [0.1, 0.15) is 0 Å². The number of anilines is 6. The van der Waals surface area contributed by atoms with Crippen LogP contribution >= 0.6 is 11.3 Å². The van der Waals surface area contributed by atoms with Gasteiger partial charge in [-0.15, -0.1) is 21.5 Å². The van der Waals surface area contributed by atoms with Crippen LogP contribution in [0.5, 0.6) is 0 Å². The molecule has 0 amide bonds. The number of rotatable bonds is 6. The van der Waals surface area contributed by atoms with Crippen LogP contribution in [0.4, 0.5) is 34.5 Å². The second-order valence-corrected chi connectivity index (χ2v) is 18.6. The first-order valence-electron chi connectivity index (χ1n) is 22.8. The van der Waals surface area contributed by atoms with E-state index >= 15 is 0 Å². The molecule has 9 heteroatoms. The zero-order chi connectivity index (χ0) is 45.2. The van der Waals surface area contributed by atoms with Gasteiger partial charge in [-0.3, -0.25) is 9.80 Å². The molecular weight excluding hydrogens is 869 g/mol. The summed E-state index contributed by atoms with van der Waals surface area (Å²) >= 11 is 1.58. The van der Waals surface area contributed by atoms with Crippen LogP contribution in [0, 0.1) is 0 Å². The number of hydrogen-bond donors (Lipinski definition) is 0. The molecule has 5 aromatic heterocycles. The highest BCUT2D eigenvalue weighted by Gasteiger charge is 2.23. The number of para-hydroxylation sites is 2. The van der Waals surface area contributed by atoms with Gasteiger partial charge in [0.1, 0.15) is 38.5 Å². The molecule has 15 aromatic rings. The molecule has 0 saturated carbocycles. The van der Waals surface area contributed by atoms with E-state index < -0.39 is 0 Å². The minimum absolute atomic E-state index is 0.447. The monoisotopic (exact) mass is 902 g/mol. The van der Waals surface area contributed by atoms with E-state index in [-0.39, 0.29) is 0 Å². The molecule has 0 N–H and O–H groups in total. The minimum atomic E-state index is 0.447. The average molecular weight is 903 g/mol. The highest BCUT2D eigenvalue weighted by Crippen LogP contribution is 2.44. The van der Waals surface area contributed by atoms with E-state index in [1.807, 2.05) is 42.6 Å². The molecule has 8 nitrogen and oxygen atoms in total. The van der Waals surface area contributed by atoms with Gasteiger partial charge in [-0.25, -0.2) is 4.98 Å². The van der Waals surface area contributed by atoms with Crippen LogP contribution in [-0.2, 0) is 0 Å². The van der Waals surface area contributed by atoms with E-state index in [1.54, 1.807) is 11.3 Å². The summed E-state index contributed by atoms with van der Waals surface area (Å²) in [5.74, 6) is 1.20. The van der Waals surface area contributed by atoms with Crippen molar-refractivity contribution in [2.45, 2.75) is 0 Å². The van der Waals surface area contributed by atoms with E-state index in [2.05, 4.69) is 174 Å². The Balaban J connectivity index is 0.887. The number of thiophene rings is 1. The van der Waals surface area contributed by atoms with Crippen LogP contribution in [0.3, 0.4) is 0 Å². The fraction of sp³-hybridized carbons (Fsp3) is 0. The maximum atomic E-state index is 6.43. The van der Waals surface area contributed by atoms with Gasteiger partial charge in [0, 0.05) is 61.3 Å². The summed E-state index contributed by atoms with van der Waals surface area (Å²) in [6.07, 6.45) is 1.90. The van der Waals surface area contributed by atoms with Crippen LogP contribution < -0.4 is 9.80 Å². The Labute approximate surface area is 396 Å². The number of hydrogen-bond acceptors (Lipinski definition) is 9. The van der Waals surface area contributed by atoms with E-state index in [4.69, 9.17) is 29.0 Å². The zero-order valence-corrected chi connectivity index (χ0v) is 37.4. The lowest BCUT2D eigenvalue weighted by Gasteiger charge is -2.24. The molecule has 0 atom stereocenters. The van der Waals surface area contributed by atoms with Crippen molar-refractivity contribution >= 4 is 153 Å². The van der Waals surface area contributed by atoms with E-state index in [9.17, 15) is 0 Å². The molecular formula is C60H34N6O2S. The van der Waals surface area contributed by atoms with Gasteiger partial charge in [-0.2, -0.15) is 4.98 Å². The van der Waals surface area contributed by atoms with Gasteiger partial charge in [0.25, 0.3) is 5.95 Å². The summed E-state index contributed by atoms with van der Waals surface area (Å²) in [6, 6.07) is 70.2. The summed E-state index contributed by atoms with van der Waals surface area (Å²) in [7, 11) is 0. The largest absolute Gasteiger partial charge is 0.456 e. The first kappa shape index (κ1) is 38.0. The molecule has 0 bridgehead atoms.